The van der Waals surface area contributed by atoms with Gasteiger partial charge in [-0.2, -0.15) is 0 Å². The summed E-state index contributed by atoms with van der Waals surface area (Å²) < 4.78 is 6.55. The van der Waals surface area contributed by atoms with Crippen molar-refractivity contribution in [1.29, 1.82) is 0 Å². The number of benzene rings is 1. The van der Waals surface area contributed by atoms with E-state index >= 15 is 0 Å². The molecule has 130 valence electrons. The molecule has 0 unspecified atom stereocenters. The molecule has 0 aliphatic heterocycles. The zero-order valence-corrected chi connectivity index (χ0v) is 15.9. The smallest absolute Gasteiger partial charge is 0.257 e. The molecule has 0 bridgehead atoms. The Kier molecular flexibility index (Phi) is 7.09. The Morgan fingerprint density at radius 2 is 1.96 bits per heavy atom. The number of carbonyl (C=O) groups is 1. The summed E-state index contributed by atoms with van der Waals surface area (Å²) in [5, 5.41) is 0. The average Bonchev–Trinajstić information content (AvgIpc) is 2.97. The summed E-state index contributed by atoms with van der Waals surface area (Å²) in [6.07, 6.45) is 0. The third-order valence-corrected chi connectivity index (χ3v) is 4.77. The van der Waals surface area contributed by atoms with Gasteiger partial charge in [-0.05, 0) is 45.3 Å². The quantitative estimate of drug-likeness (QED) is 0.707. The number of rotatable bonds is 8. The summed E-state index contributed by atoms with van der Waals surface area (Å²) >= 11 is 7.48. The normalized spacial score (nSPS) is 10.9. The molecule has 0 saturated carbocycles. The predicted octanol–water partition coefficient (Wildman–Crippen LogP) is 4.00. The van der Waals surface area contributed by atoms with Crippen LogP contribution in [0.3, 0.4) is 0 Å². The number of ether oxygens (including phenoxy) is 1. The van der Waals surface area contributed by atoms with E-state index in [4.69, 9.17) is 16.3 Å². The number of carbonyl (C=O) groups excluding carboxylic acids is 1. The highest BCUT2D eigenvalue weighted by atomic mass is 35.5. The molecule has 0 radical (unpaired) electrons. The summed E-state index contributed by atoms with van der Waals surface area (Å²) in [6.45, 7) is 4.50. The highest BCUT2D eigenvalue weighted by molar-refractivity contribution is 7.16. The van der Waals surface area contributed by atoms with Crippen LogP contribution in [0.15, 0.2) is 36.4 Å². The Balaban J connectivity index is 2.11. The van der Waals surface area contributed by atoms with E-state index in [9.17, 15) is 4.79 Å². The van der Waals surface area contributed by atoms with Crippen molar-refractivity contribution in [2.24, 2.45) is 0 Å². The monoisotopic (exact) mass is 366 g/mol. The molecule has 1 aromatic heterocycles. The van der Waals surface area contributed by atoms with Gasteiger partial charge in [0.05, 0.1) is 16.4 Å². The van der Waals surface area contributed by atoms with Crippen LogP contribution in [0.1, 0.15) is 22.2 Å². The van der Waals surface area contributed by atoms with Crippen LogP contribution in [-0.4, -0.2) is 49.5 Å². The summed E-state index contributed by atoms with van der Waals surface area (Å²) in [5.41, 5.74) is 0.598. The fourth-order valence-corrected chi connectivity index (χ4v) is 3.33. The second-order valence-electron chi connectivity index (χ2n) is 5.67. The second-order valence-corrected chi connectivity index (χ2v) is 7.47. The van der Waals surface area contributed by atoms with E-state index in [1.54, 1.807) is 4.90 Å². The number of hydrogen-bond acceptors (Lipinski definition) is 4. The van der Waals surface area contributed by atoms with Crippen molar-refractivity contribution in [2.45, 2.75) is 13.5 Å². The fourth-order valence-electron chi connectivity index (χ4n) is 2.23. The molecule has 6 heteroatoms. The minimum Gasteiger partial charge on any atom is -0.491 e. The first-order valence-corrected chi connectivity index (χ1v) is 9.10. The van der Waals surface area contributed by atoms with Crippen LogP contribution in [-0.2, 0) is 6.54 Å². The molecule has 2 rings (SSSR count). The Labute approximate surface area is 152 Å². The van der Waals surface area contributed by atoms with Gasteiger partial charge in [0.1, 0.15) is 12.4 Å². The number of hydrogen-bond donors (Lipinski definition) is 0. The SMILES string of the molecule is CCN(Cc1ccc(Cl)s1)C(=O)c1ccccc1OCCN(C)C. The maximum atomic E-state index is 12.9. The molecule has 1 aromatic carbocycles. The summed E-state index contributed by atoms with van der Waals surface area (Å²) in [5.74, 6) is 0.606. The third-order valence-electron chi connectivity index (χ3n) is 3.56. The first kappa shape index (κ1) is 18.8. The van der Waals surface area contributed by atoms with Crippen molar-refractivity contribution in [3.05, 3.63) is 51.2 Å². The van der Waals surface area contributed by atoms with Crippen molar-refractivity contribution >= 4 is 28.8 Å². The largest absolute Gasteiger partial charge is 0.491 e. The number of para-hydroxylation sites is 1. The van der Waals surface area contributed by atoms with Gasteiger partial charge < -0.3 is 14.5 Å². The molecule has 0 atom stereocenters. The van der Waals surface area contributed by atoms with Gasteiger partial charge in [0.25, 0.3) is 5.91 Å². The lowest BCUT2D eigenvalue weighted by Crippen LogP contribution is -2.30. The lowest BCUT2D eigenvalue weighted by molar-refractivity contribution is 0.0749. The number of nitrogens with zero attached hydrogens (tertiary/aromatic N) is 2. The first-order valence-electron chi connectivity index (χ1n) is 7.91. The zero-order chi connectivity index (χ0) is 17.5. The first-order chi connectivity index (χ1) is 11.5. The Bertz CT molecular complexity index is 673. The molecule has 4 nitrogen and oxygen atoms in total. The Morgan fingerprint density at radius 1 is 1.21 bits per heavy atom. The molecule has 0 saturated heterocycles. The molecular weight excluding hydrogens is 344 g/mol. The van der Waals surface area contributed by atoms with Crippen LogP contribution in [0.4, 0.5) is 0 Å². The maximum Gasteiger partial charge on any atom is 0.257 e. The summed E-state index contributed by atoms with van der Waals surface area (Å²) in [4.78, 5) is 17.8. The van der Waals surface area contributed by atoms with Gasteiger partial charge in [-0.1, -0.05) is 23.7 Å². The molecule has 24 heavy (non-hydrogen) atoms. The van der Waals surface area contributed by atoms with Gasteiger partial charge in [-0.25, -0.2) is 0 Å². The van der Waals surface area contributed by atoms with Crippen molar-refractivity contribution in [2.75, 3.05) is 33.8 Å². The average molecular weight is 367 g/mol. The van der Waals surface area contributed by atoms with E-state index in [1.807, 2.05) is 62.3 Å². The van der Waals surface area contributed by atoms with E-state index in [1.165, 1.54) is 11.3 Å². The molecule has 0 N–H and O–H groups in total. The topological polar surface area (TPSA) is 32.8 Å². The second kappa shape index (κ2) is 9.06. The van der Waals surface area contributed by atoms with E-state index in [0.29, 0.717) is 31.0 Å². The lowest BCUT2D eigenvalue weighted by atomic mass is 10.1. The third kappa shape index (κ3) is 5.23. The van der Waals surface area contributed by atoms with Crippen LogP contribution in [0.5, 0.6) is 5.75 Å². The molecule has 1 amide bonds. The number of likely N-dealkylation sites (N-methyl/N-ethyl adjacent to an activating group) is 1. The van der Waals surface area contributed by atoms with Gasteiger partial charge >= 0.3 is 0 Å². The van der Waals surface area contributed by atoms with Crippen LogP contribution < -0.4 is 4.74 Å². The molecule has 1 heterocycles. The standard InChI is InChI=1S/C18H23ClN2O2S/c1-4-21(13-14-9-10-17(19)24-14)18(22)15-7-5-6-8-16(15)23-12-11-20(2)3/h5-10H,4,11-13H2,1-3H3. The minimum atomic E-state index is -0.0255. The lowest BCUT2D eigenvalue weighted by Gasteiger charge is -2.22. The van der Waals surface area contributed by atoms with E-state index in [-0.39, 0.29) is 5.91 Å². The Morgan fingerprint density at radius 3 is 2.58 bits per heavy atom. The predicted molar refractivity (Wildman–Crippen MR) is 100 cm³/mol. The maximum absolute atomic E-state index is 12.9. The summed E-state index contributed by atoms with van der Waals surface area (Å²) in [6, 6.07) is 11.2. The van der Waals surface area contributed by atoms with Crippen LogP contribution >= 0.6 is 22.9 Å². The van der Waals surface area contributed by atoms with Gasteiger partial charge in [-0.15, -0.1) is 11.3 Å². The van der Waals surface area contributed by atoms with Crippen molar-refractivity contribution in [3.63, 3.8) is 0 Å². The van der Waals surface area contributed by atoms with Gasteiger partial charge in [0.2, 0.25) is 0 Å². The van der Waals surface area contributed by atoms with Crippen molar-refractivity contribution in [3.8, 4) is 5.75 Å². The highest BCUT2D eigenvalue weighted by Crippen LogP contribution is 2.25. The minimum absolute atomic E-state index is 0.0255. The molecule has 0 aliphatic rings. The van der Waals surface area contributed by atoms with Gasteiger partial charge in [0, 0.05) is 18.0 Å². The molecular formula is C18H23ClN2O2S. The summed E-state index contributed by atoms with van der Waals surface area (Å²) in [7, 11) is 3.98. The number of halogens is 1. The van der Waals surface area contributed by atoms with Crippen molar-refractivity contribution in [1.82, 2.24) is 9.80 Å². The molecule has 0 aliphatic carbocycles. The molecule has 0 spiro atoms. The number of thiophene rings is 1. The van der Waals surface area contributed by atoms with Crippen LogP contribution in [0, 0.1) is 0 Å². The van der Waals surface area contributed by atoms with Gasteiger partial charge in [-0.3, -0.25) is 4.79 Å². The van der Waals surface area contributed by atoms with Crippen LogP contribution in [0.2, 0.25) is 4.34 Å². The van der Waals surface area contributed by atoms with Crippen LogP contribution in [0.25, 0.3) is 0 Å². The molecule has 2 aromatic rings. The van der Waals surface area contributed by atoms with E-state index in [2.05, 4.69) is 0 Å². The van der Waals surface area contributed by atoms with Crippen molar-refractivity contribution < 1.29 is 9.53 Å². The van der Waals surface area contributed by atoms with Gasteiger partial charge in [0.15, 0.2) is 0 Å². The van der Waals surface area contributed by atoms with E-state index < -0.39 is 0 Å². The zero-order valence-electron chi connectivity index (χ0n) is 14.3. The number of amides is 1. The highest BCUT2D eigenvalue weighted by Gasteiger charge is 2.19. The molecule has 0 fully saturated rings. The fraction of sp³-hybridized carbons (Fsp3) is 0.389. The Hall–Kier alpha value is -1.56. The van der Waals surface area contributed by atoms with E-state index in [0.717, 1.165) is 15.8 Å².